The molecule has 1 aliphatic carbocycles. The predicted octanol–water partition coefficient (Wildman–Crippen LogP) is 3.24. The minimum atomic E-state index is -0.0199. The Kier molecular flexibility index (Phi) is 6.22. The van der Waals surface area contributed by atoms with E-state index in [0.29, 0.717) is 18.3 Å². The number of nitrogens with zero attached hydrogens (tertiary/aromatic N) is 4. The van der Waals surface area contributed by atoms with E-state index in [1.165, 1.54) is 31.0 Å². The van der Waals surface area contributed by atoms with E-state index < -0.39 is 0 Å². The molecule has 2 aromatic rings. The molecule has 1 aliphatic rings. The molecule has 7 heteroatoms. The average Bonchev–Trinajstić information content (AvgIpc) is 3.10. The molecule has 0 saturated heterocycles. The molecule has 1 fully saturated rings. The second-order valence-electron chi connectivity index (χ2n) is 6.09. The number of aromatic nitrogens is 4. The van der Waals surface area contributed by atoms with Crippen LogP contribution in [-0.4, -0.2) is 38.0 Å². The number of carbonyl (C=O) groups excluding carboxylic acids is 1. The predicted molar refractivity (Wildman–Crippen MR) is 99.3 cm³/mol. The number of rotatable bonds is 7. The van der Waals surface area contributed by atoms with E-state index in [1.807, 2.05) is 12.1 Å². The van der Waals surface area contributed by atoms with Gasteiger partial charge in [0.1, 0.15) is 0 Å². The molecule has 25 heavy (non-hydrogen) atoms. The Labute approximate surface area is 152 Å². The minimum Gasteiger partial charge on any atom is -0.352 e. The first-order valence-electron chi connectivity index (χ1n) is 8.65. The molecule has 1 amide bonds. The standard InChI is InChI=1S/C18H23N5OS/c1-2-10-20-16(24)13-25-18-22-21-17(14-8-11-19-12-9-14)23(18)15-6-4-3-5-7-15/h2,8-9,11-12,15H,1,3-7,10,13H2,(H,20,24). The maximum absolute atomic E-state index is 11.9. The Hall–Kier alpha value is -2.15. The van der Waals surface area contributed by atoms with Gasteiger partial charge in [0.2, 0.25) is 5.91 Å². The summed E-state index contributed by atoms with van der Waals surface area (Å²) in [5, 5.41) is 12.4. The van der Waals surface area contributed by atoms with Crippen LogP contribution in [0.5, 0.6) is 0 Å². The number of pyridine rings is 1. The second-order valence-corrected chi connectivity index (χ2v) is 7.03. The molecule has 6 nitrogen and oxygen atoms in total. The van der Waals surface area contributed by atoms with E-state index in [1.54, 1.807) is 18.5 Å². The van der Waals surface area contributed by atoms with Gasteiger partial charge in [-0.05, 0) is 25.0 Å². The van der Waals surface area contributed by atoms with E-state index in [-0.39, 0.29) is 5.91 Å². The van der Waals surface area contributed by atoms with Crippen LogP contribution in [0.2, 0.25) is 0 Å². The van der Waals surface area contributed by atoms with E-state index in [4.69, 9.17) is 0 Å². The SMILES string of the molecule is C=CCNC(=O)CSc1nnc(-c2ccncc2)n1C1CCCCC1. The number of carbonyl (C=O) groups is 1. The van der Waals surface area contributed by atoms with Crippen molar-refractivity contribution < 1.29 is 4.79 Å². The highest BCUT2D eigenvalue weighted by Gasteiger charge is 2.24. The van der Waals surface area contributed by atoms with Gasteiger partial charge in [-0.3, -0.25) is 14.3 Å². The van der Waals surface area contributed by atoms with Crippen molar-refractivity contribution in [2.45, 2.75) is 43.3 Å². The molecule has 0 aromatic carbocycles. The molecule has 0 unspecified atom stereocenters. The van der Waals surface area contributed by atoms with Crippen LogP contribution < -0.4 is 5.32 Å². The van der Waals surface area contributed by atoms with Gasteiger partial charge in [0.25, 0.3) is 0 Å². The molecule has 0 bridgehead atoms. The Morgan fingerprint density at radius 2 is 2.04 bits per heavy atom. The summed E-state index contributed by atoms with van der Waals surface area (Å²) in [7, 11) is 0. The number of nitrogens with one attached hydrogen (secondary N) is 1. The Bertz CT molecular complexity index is 710. The van der Waals surface area contributed by atoms with Crippen LogP contribution in [0.1, 0.15) is 38.1 Å². The lowest BCUT2D eigenvalue weighted by Crippen LogP contribution is -2.25. The molecule has 2 aromatic heterocycles. The molecule has 1 saturated carbocycles. The third-order valence-corrected chi connectivity index (χ3v) is 5.26. The van der Waals surface area contributed by atoms with Crippen molar-refractivity contribution in [3.8, 4) is 11.4 Å². The molecule has 132 valence electrons. The lowest BCUT2D eigenvalue weighted by molar-refractivity contribution is -0.118. The first kappa shape index (κ1) is 17.7. The summed E-state index contributed by atoms with van der Waals surface area (Å²) in [6.45, 7) is 4.09. The van der Waals surface area contributed by atoms with Gasteiger partial charge in [-0.15, -0.1) is 16.8 Å². The first-order chi connectivity index (χ1) is 12.3. The lowest BCUT2D eigenvalue weighted by atomic mass is 9.95. The average molecular weight is 357 g/mol. The fraction of sp³-hybridized carbons (Fsp3) is 0.444. The van der Waals surface area contributed by atoms with Gasteiger partial charge >= 0.3 is 0 Å². The Morgan fingerprint density at radius 1 is 1.28 bits per heavy atom. The molecule has 3 rings (SSSR count). The largest absolute Gasteiger partial charge is 0.352 e. The minimum absolute atomic E-state index is 0.0199. The number of hydrogen-bond acceptors (Lipinski definition) is 5. The summed E-state index contributed by atoms with van der Waals surface area (Å²) in [4.78, 5) is 16.0. The Morgan fingerprint density at radius 3 is 2.76 bits per heavy atom. The van der Waals surface area contributed by atoms with Crippen LogP contribution in [0.3, 0.4) is 0 Å². The van der Waals surface area contributed by atoms with Crippen molar-refractivity contribution >= 4 is 17.7 Å². The van der Waals surface area contributed by atoms with Gasteiger partial charge in [-0.2, -0.15) is 0 Å². The molecular weight excluding hydrogens is 334 g/mol. The maximum Gasteiger partial charge on any atom is 0.230 e. The summed E-state index contributed by atoms with van der Waals surface area (Å²) < 4.78 is 2.22. The Balaban J connectivity index is 1.83. The van der Waals surface area contributed by atoms with Gasteiger partial charge in [0.05, 0.1) is 5.75 Å². The van der Waals surface area contributed by atoms with Crippen LogP contribution in [0.15, 0.2) is 42.3 Å². The fourth-order valence-electron chi connectivity index (χ4n) is 3.11. The summed E-state index contributed by atoms with van der Waals surface area (Å²) >= 11 is 1.44. The van der Waals surface area contributed by atoms with Crippen molar-refractivity contribution in [2.24, 2.45) is 0 Å². The molecule has 0 atom stereocenters. The topological polar surface area (TPSA) is 72.7 Å². The van der Waals surface area contributed by atoms with E-state index in [2.05, 4.69) is 31.6 Å². The zero-order valence-corrected chi connectivity index (χ0v) is 15.0. The summed E-state index contributed by atoms with van der Waals surface area (Å²) in [5.41, 5.74) is 1.01. The van der Waals surface area contributed by atoms with Crippen LogP contribution in [0.25, 0.3) is 11.4 Å². The fourth-order valence-corrected chi connectivity index (χ4v) is 3.94. The van der Waals surface area contributed by atoms with Crippen molar-refractivity contribution in [3.05, 3.63) is 37.2 Å². The zero-order chi connectivity index (χ0) is 17.5. The van der Waals surface area contributed by atoms with Crippen LogP contribution >= 0.6 is 11.8 Å². The van der Waals surface area contributed by atoms with E-state index in [9.17, 15) is 4.79 Å². The second kappa shape index (κ2) is 8.80. The number of hydrogen-bond donors (Lipinski definition) is 1. The number of amides is 1. The zero-order valence-electron chi connectivity index (χ0n) is 14.2. The molecule has 0 aliphatic heterocycles. The normalized spacial score (nSPS) is 15.0. The maximum atomic E-state index is 11.9. The third kappa shape index (κ3) is 4.48. The summed E-state index contributed by atoms with van der Waals surface area (Å²) in [5.74, 6) is 1.17. The van der Waals surface area contributed by atoms with Gasteiger partial charge in [-0.25, -0.2) is 0 Å². The van der Waals surface area contributed by atoms with Crippen LogP contribution in [0, 0.1) is 0 Å². The van der Waals surface area contributed by atoms with Gasteiger partial charge in [-0.1, -0.05) is 37.1 Å². The highest BCUT2D eigenvalue weighted by molar-refractivity contribution is 7.99. The molecule has 0 radical (unpaired) electrons. The van der Waals surface area contributed by atoms with Crippen molar-refractivity contribution in [1.82, 2.24) is 25.1 Å². The molecule has 1 N–H and O–H groups in total. The van der Waals surface area contributed by atoms with Crippen molar-refractivity contribution in [1.29, 1.82) is 0 Å². The summed E-state index contributed by atoms with van der Waals surface area (Å²) in [6.07, 6.45) is 11.2. The number of thioether (sulfide) groups is 1. The monoisotopic (exact) mass is 357 g/mol. The molecule has 0 spiro atoms. The van der Waals surface area contributed by atoms with Crippen LogP contribution in [-0.2, 0) is 4.79 Å². The van der Waals surface area contributed by atoms with Gasteiger partial charge < -0.3 is 5.32 Å². The van der Waals surface area contributed by atoms with Crippen molar-refractivity contribution in [3.63, 3.8) is 0 Å². The lowest BCUT2D eigenvalue weighted by Gasteiger charge is -2.25. The first-order valence-corrected chi connectivity index (χ1v) is 9.64. The van der Waals surface area contributed by atoms with Crippen LogP contribution in [0.4, 0.5) is 0 Å². The smallest absolute Gasteiger partial charge is 0.230 e. The highest BCUT2D eigenvalue weighted by Crippen LogP contribution is 2.35. The van der Waals surface area contributed by atoms with Gasteiger partial charge in [0.15, 0.2) is 11.0 Å². The van der Waals surface area contributed by atoms with Crippen molar-refractivity contribution in [2.75, 3.05) is 12.3 Å². The quantitative estimate of drug-likeness (QED) is 0.608. The molecular formula is C18H23N5OS. The highest BCUT2D eigenvalue weighted by atomic mass is 32.2. The van der Waals surface area contributed by atoms with E-state index >= 15 is 0 Å². The summed E-state index contributed by atoms with van der Waals surface area (Å²) in [6, 6.07) is 4.30. The van der Waals surface area contributed by atoms with E-state index in [0.717, 1.165) is 29.4 Å². The molecule has 2 heterocycles. The van der Waals surface area contributed by atoms with Gasteiger partial charge in [0, 0.05) is 30.5 Å². The third-order valence-electron chi connectivity index (χ3n) is 4.32.